The lowest BCUT2D eigenvalue weighted by atomic mass is 10.2. The standard InChI is InChI=1S/C13H20F2N2O2S/c1-4-5-16-8-10-6-11(14)13(15)12(7-10)20(18,19)17-9(2)3/h6-7,9,16-17H,4-5,8H2,1-3H3. The van der Waals surface area contributed by atoms with E-state index in [1.54, 1.807) is 13.8 Å². The van der Waals surface area contributed by atoms with Crippen molar-refractivity contribution in [1.82, 2.24) is 10.0 Å². The summed E-state index contributed by atoms with van der Waals surface area (Å²) in [5.74, 6) is -2.51. The van der Waals surface area contributed by atoms with Crippen molar-refractivity contribution in [1.29, 1.82) is 0 Å². The predicted molar refractivity (Wildman–Crippen MR) is 73.8 cm³/mol. The lowest BCUT2D eigenvalue weighted by Gasteiger charge is -2.12. The average Bonchev–Trinajstić information content (AvgIpc) is 2.31. The van der Waals surface area contributed by atoms with Crippen LogP contribution in [0, 0.1) is 11.6 Å². The van der Waals surface area contributed by atoms with Crippen molar-refractivity contribution in [2.24, 2.45) is 0 Å². The van der Waals surface area contributed by atoms with Crippen LogP contribution in [0.4, 0.5) is 8.78 Å². The second-order valence-corrected chi connectivity index (χ2v) is 6.52. The molecule has 1 rings (SSSR count). The van der Waals surface area contributed by atoms with Crippen LogP contribution in [0.5, 0.6) is 0 Å². The molecule has 0 radical (unpaired) electrons. The molecule has 7 heteroatoms. The van der Waals surface area contributed by atoms with Crippen LogP contribution in [-0.2, 0) is 16.6 Å². The molecule has 0 amide bonds. The summed E-state index contributed by atoms with van der Waals surface area (Å²) in [5.41, 5.74) is 0.390. The fourth-order valence-corrected chi connectivity index (χ4v) is 3.09. The van der Waals surface area contributed by atoms with Crippen molar-refractivity contribution in [3.63, 3.8) is 0 Å². The fraction of sp³-hybridized carbons (Fsp3) is 0.538. The van der Waals surface area contributed by atoms with Crippen LogP contribution in [0.2, 0.25) is 0 Å². The lowest BCUT2D eigenvalue weighted by Crippen LogP contribution is -2.31. The monoisotopic (exact) mass is 306 g/mol. The van der Waals surface area contributed by atoms with Gasteiger partial charge >= 0.3 is 0 Å². The van der Waals surface area contributed by atoms with Gasteiger partial charge in [0.1, 0.15) is 4.90 Å². The number of hydrogen-bond donors (Lipinski definition) is 2. The maximum atomic E-state index is 13.7. The zero-order chi connectivity index (χ0) is 15.3. The van der Waals surface area contributed by atoms with Gasteiger partial charge in [-0.3, -0.25) is 0 Å². The van der Waals surface area contributed by atoms with Crippen LogP contribution in [-0.4, -0.2) is 21.0 Å². The lowest BCUT2D eigenvalue weighted by molar-refractivity contribution is 0.479. The van der Waals surface area contributed by atoms with E-state index in [0.717, 1.165) is 18.6 Å². The molecule has 0 atom stereocenters. The maximum Gasteiger partial charge on any atom is 0.243 e. The summed E-state index contributed by atoms with van der Waals surface area (Å²) >= 11 is 0. The van der Waals surface area contributed by atoms with Crippen molar-refractivity contribution < 1.29 is 17.2 Å². The van der Waals surface area contributed by atoms with Crippen LogP contribution in [0.1, 0.15) is 32.8 Å². The Bertz CT molecular complexity index is 560. The van der Waals surface area contributed by atoms with Crippen LogP contribution in [0.15, 0.2) is 17.0 Å². The van der Waals surface area contributed by atoms with Crippen LogP contribution in [0.25, 0.3) is 0 Å². The Morgan fingerprint density at radius 3 is 2.45 bits per heavy atom. The number of benzene rings is 1. The first-order valence-corrected chi connectivity index (χ1v) is 7.97. The highest BCUT2D eigenvalue weighted by Gasteiger charge is 2.23. The van der Waals surface area contributed by atoms with Gasteiger partial charge in [-0.25, -0.2) is 21.9 Å². The fourth-order valence-electron chi connectivity index (χ4n) is 1.70. The Morgan fingerprint density at radius 1 is 1.25 bits per heavy atom. The van der Waals surface area contributed by atoms with Gasteiger partial charge < -0.3 is 5.32 Å². The summed E-state index contributed by atoms with van der Waals surface area (Å²) in [7, 11) is -4.06. The van der Waals surface area contributed by atoms with E-state index in [1.807, 2.05) is 6.92 Å². The molecule has 0 unspecified atom stereocenters. The Labute approximate surface area is 118 Å². The normalized spacial score (nSPS) is 12.1. The van der Waals surface area contributed by atoms with Crippen molar-refractivity contribution in [3.05, 3.63) is 29.3 Å². The van der Waals surface area contributed by atoms with Gasteiger partial charge in [0.15, 0.2) is 11.6 Å². The highest BCUT2D eigenvalue weighted by molar-refractivity contribution is 7.89. The topological polar surface area (TPSA) is 58.2 Å². The van der Waals surface area contributed by atoms with Crippen molar-refractivity contribution in [2.45, 2.75) is 44.7 Å². The molecule has 0 spiro atoms. The van der Waals surface area contributed by atoms with Gasteiger partial charge in [0, 0.05) is 12.6 Å². The first-order valence-electron chi connectivity index (χ1n) is 6.49. The largest absolute Gasteiger partial charge is 0.313 e. The molecule has 0 aliphatic rings. The number of nitrogens with one attached hydrogen (secondary N) is 2. The van der Waals surface area contributed by atoms with E-state index >= 15 is 0 Å². The molecule has 114 valence electrons. The van der Waals surface area contributed by atoms with Gasteiger partial charge in [-0.2, -0.15) is 0 Å². The number of halogens is 2. The highest BCUT2D eigenvalue weighted by atomic mass is 32.2. The van der Waals surface area contributed by atoms with Gasteiger partial charge in [-0.05, 0) is 44.5 Å². The molecule has 20 heavy (non-hydrogen) atoms. The summed E-state index contributed by atoms with van der Waals surface area (Å²) in [5, 5.41) is 3.01. The summed E-state index contributed by atoms with van der Waals surface area (Å²) in [6, 6.07) is 1.77. The molecule has 0 aromatic heterocycles. The Morgan fingerprint density at radius 2 is 1.90 bits per heavy atom. The molecular weight excluding hydrogens is 286 g/mol. The van der Waals surface area contributed by atoms with E-state index in [9.17, 15) is 17.2 Å². The van der Waals surface area contributed by atoms with Gasteiger partial charge in [0.25, 0.3) is 0 Å². The first kappa shape index (κ1) is 17.0. The van der Waals surface area contributed by atoms with E-state index in [-0.39, 0.29) is 6.54 Å². The third-order valence-electron chi connectivity index (χ3n) is 2.49. The maximum absolute atomic E-state index is 13.7. The number of hydrogen-bond acceptors (Lipinski definition) is 3. The average molecular weight is 306 g/mol. The molecular formula is C13H20F2N2O2S. The van der Waals surface area contributed by atoms with E-state index < -0.39 is 32.6 Å². The summed E-state index contributed by atoms with van der Waals surface area (Å²) in [6.45, 7) is 6.19. The smallest absolute Gasteiger partial charge is 0.243 e. The minimum atomic E-state index is -4.06. The molecule has 0 heterocycles. The number of rotatable bonds is 7. The SMILES string of the molecule is CCCNCc1cc(F)c(F)c(S(=O)(=O)NC(C)C)c1. The van der Waals surface area contributed by atoms with Gasteiger partial charge in [0.2, 0.25) is 10.0 Å². The molecule has 0 saturated heterocycles. The summed E-state index contributed by atoms with van der Waals surface area (Å²) in [4.78, 5) is -0.653. The third-order valence-corrected chi connectivity index (χ3v) is 4.15. The molecule has 0 aliphatic heterocycles. The van der Waals surface area contributed by atoms with Gasteiger partial charge in [0.05, 0.1) is 0 Å². The van der Waals surface area contributed by atoms with Gasteiger partial charge in [-0.1, -0.05) is 6.92 Å². The van der Waals surface area contributed by atoms with E-state index in [4.69, 9.17) is 0 Å². The summed E-state index contributed by atoms with van der Waals surface area (Å²) in [6.07, 6.45) is 0.893. The number of sulfonamides is 1. The molecule has 4 nitrogen and oxygen atoms in total. The minimum Gasteiger partial charge on any atom is -0.313 e. The molecule has 0 bridgehead atoms. The van der Waals surface area contributed by atoms with Crippen LogP contribution >= 0.6 is 0 Å². The molecule has 0 fully saturated rings. The third kappa shape index (κ3) is 4.50. The molecule has 2 N–H and O–H groups in total. The zero-order valence-corrected chi connectivity index (χ0v) is 12.7. The van der Waals surface area contributed by atoms with E-state index in [0.29, 0.717) is 12.1 Å². The second kappa shape index (κ2) is 7.10. The van der Waals surface area contributed by atoms with Crippen molar-refractivity contribution >= 4 is 10.0 Å². The Hall–Kier alpha value is -1.05. The predicted octanol–water partition coefficient (Wildman–Crippen LogP) is 2.15. The van der Waals surface area contributed by atoms with Gasteiger partial charge in [-0.15, -0.1) is 0 Å². The van der Waals surface area contributed by atoms with Crippen molar-refractivity contribution in [2.75, 3.05) is 6.54 Å². The van der Waals surface area contributed by atoms with Crippen LogP contribution in [0.3, 0.4) is 0 Å². The first-order chi connectivity index (χ1) is 9.27. The summed E-state index contributed by atoms with van der Waals surface area (Å²) < 4.78 is 53.4. The molecule has 1 aromatic carbocycles. The van der Waals surface area contributed by atoms with Crippen LogP contribution < -0.4 is 10.0 Å². The Kier molecular flexibility index (Phi) is 6.04. The molecule has 0 saturated carbocycles. The Balaban J connectivity index is 3.12. The second-order valence-electron chi connectivity index (χ2n) is 4.84. The quantitative estimate of drug-likeness (QED) is 0.759. The highest BCUT2D eigenvalue weighted by Crippen LogP contribution is 2.20. The minimum absolute atomic E-state index is 0.287. The van der Waals surface area contributed by atoms with E-state index in [2.05, 4.69) is 10.0 Å². The molecule has 1 aromatic rings. The molecule has 0 aliphatic carbocycles. The zero-order valence-electron chi connectivity index (χ0n) is 11.8. The van der Waals surface area contributed by atoms with Crippen molar-refractivity contribution in [3.8, 4) is 0 Å². The van der Waals surface area contributed by atoms with E-state index in [1.165, 1.54) is 0 Å².